The third-order valence-electron chi connectivity index (χ3n) is 7.16. The molecule has 1 saturated heterocycles. The quantitative estimate of drug-likeness (QED) is 0.570. The first kappa shape index (κ1) is 26.5. The number of rotatable bonds is 6. The number of anilines is 1. The second-order valence-corrected chi connectivity index (χ2v) is 10.9. The van der Waals surface area contributed by atoms with Crippen LogP contribution in [0.15, 0.2) is 48.8 Å². The van der Waals surface area contributed by atoms with Gasteiger partial charge in [0.1, 0.15) is 6.04 Å². The molecule has 1 saturated carbocycles. The lowest BCUT2D eigenvalue weighted by atomic mass is 9.87. The number of amides is 2. The Morgan fingerprint density at radius 2 is 1.84 bits per heavy atom. The second kappa shape index (κ2) is 10.4. The second-order valence-electron chi connectivity index (χ2n) is 10.9. The lowest BCUT2D eigenvalue weighted by Crippen LogP contribution is -2.69. The molecule has 7 nitrogen and oxygen atoms in total. The number of benzene rings is 1. The predicted molar refractivity (Wildman–Crippen MR) is 136 cm³/mol. The van der Waals surface area contributed by atoms with Crippen molar-refractivity contribution in [3.05, 3.63) is 59.9 Å². The number of alkyl halides is 2. The van der Waals surface area contributed by atoms with Gasteiger partial charge in [-0.25, -0.2) is 8.78 Å². The number of likely N-dealkylation sites (tertiary alicyclic amines) is 1. The standard InChI is InChI=1S/C28H33F2N5O2/c1-27(2,3)20-11-13-22(14-12-20)35(26(37)24-28(29,30)17-34(24)18-31)23(19-8-7-15-32-16-19)25(36)33-21-9-5-4-6-10-21/h7-8,11-16,21,23-24H,4-6,9-10,17H2,1-3H3,(H,33,36). The summed E-state index contributed by atoms with van der Waals surface area (Å²) in [4.78, 5) is 33.7. The van der Waals surface area contributed by atoms with Gasteiger partial charge < -0.3 is 5.32 Å². The number of carbonyl (C=O) groups excluding carboxylic acids is 2. The highest BCUT2D eigenvalue weighted by atomic mass is 19.3. The van der Waals surface area contributed by atoms with Gasteiger partial charge in [0.2, 0.25) is 5.91 Å². The first-order valence-corrected chi connectivity index (χ1v) is 12.7. The third-order valence-corrected chi connectivity index (χ3v) is 7.16. The fourth-order valence-electron chi connectivity index (χ4n) is 5.07. The summed E-state index contributed by atoms with van der Waals surface area (Å²) in [6, 6.07) is 7.02. The van der Waals surface area contributed by atoms with E-state index in [4.69, 9.17) is 0 Å². The average molecular weight is 510 g/mol. The van der Waals surface area contributed by atoms with Crippen LogP contribution in [-0.4, -0.2) is 46.2 Å². The zero-order chi connectivity index (χ0) is 26.8. The summed E-state index contributed by atoms with van der Waals surface area (Å²) >= 11 is 0. The average Bonchev–Trinajstić information content (AvgIpc) is 2.86. The van der Waals surface area contributed by atoms with Crippen molar-refractivity contribution in [3.8, 4) is 6.19 Å². The number of halogens is 2. The Labute approximate surface area is 216 Å². The summed E-state index contributed by atoms with van der Waals surface area (Å²) in [5.74, 6) is -4.86. The van der Waals surface area contributed by atoms with Crippen LogP contribution in [0.25, 0.3) is 0 Å². The fourth-order valence-corrected chi connectivity index (χ4v) is 5.07. The van der Waals surface area contributed by atoms with Gasteiger partial charge in [-0.2, -0.15) is 5.26 Å². The van der Waals surface area contributed by atoms with Gasteiger partial charge in [0.15, 0.2) is 12.2 Å². The van der Waals surface area contributed by atoms with E-state index in [2.05, 4.69) is 10.3 Å². The van der Waals surface area contributed by atoms with E-state index < -0.39 is 36.4 Å². The molecule has 1 aliphatic heterocycles. The monoisotopic (exact) mass is 509 g/mol. The number of aromatic nitrogens is 1. The normalized spacial score (nSPS) is 20.3. The zero-order valence-electron chi connectivity index (χ0n) is 21.5. The molecule has 4 rings (SSSR count). The van der Waals surface area contributed by atoms with Gasteiger partial charge >= 0.3 is 0 Å². The fraction of sp³-hybridized carbons (Fsp3) is 0.500. The Balaban J connectivity index is 1.80. The van der Waals surface area contributed by atoms with Gasteiger partial charge in [-0.05, 0) is 42.0 Å². The highest BCUT2D eigenvalue weighted by Gasteiger charge is 2.61. The SMILES string of the molecule is CC(C)(C)c1ccc(N(C(=O)C2N(C#N)CC2(F)F)C(C(=O)NC2CCCCC2)c2cccnc2)cc1. The smallest absolute Gasteiger partial charge is 0.295 e. The molecule has 2 aliphatic rings. The summed E-state index contributed by atoms with van der Waals surface area (Å²) in [6.45, 7) is 5.30. The number of hydrogen-bond donors (Lipinski definition) is 1. The molecule has 2 atom stereocenters. The Morgan fingerprint density at radius 1 is 1.16 bits per heavy atom. The van der Waals surface area contributed by atoms with Crippen molar-refractivity contribution < 1.29 is 18.4 Å². The van der Waals surface area contributed by atoms with E-state index >= 15 is 0 Å². The van der Waals surface area contributed by atoms with Crippen LogP contribution in [0, 0.1) is 11.5 Å². The molecule has 1 aromatic carbocycles. The van der Waals surface area contributed by atoms with Crippen LogP contribution in [0.4, 0.5) is 14.5 Å². The summed E-state index contributed by atoms with van der Waals surface area (Å²) in [6.07, 6.45) is 9.43. The minimum absolute atomic E-state index is 0.0543. The topological polar surface area (TPSA) is 89.3 Å². The molecule has 37 heavy (non-hydrogen) atoms. The maximum atomic E-state index is 14.7. The first-order valence-electron chi connectivity index (χ1n) is 12.7. The molecule has 1 aliphatic carbocycles. The lowest BCUT2D eigenvalue weighted by Gasteiger charge is -2.46. The molecule has 0 spiro atoms. The Morgan fingerprint density at radius 3 is 2.38 bits per heavy atom. The zero-order valence-corrected chi connectivity index (χ0v) is 21.5. The molecule has 2 aromatic rings. The van der Waals surface area contributed by atoms with Crippen molar-refractivity contribution in [3.63, 3.8) is 0 Å². The molecule has 2 unspecified atom stereocenters. The largest absolute Gasteiger partial charge is 0.351 e. The summed E-state index contributed by atoms with van der Waals surface area (Å²) in [5.41, 5.74) is 1.51. The van der Waals surface area contributed by atoms with Crippen molar-refractivity contribution in [2.45, 2.75) is 82.3 Å². The van der Waals surface area contributed by atoms with Gasteiger partial charge in [-0.1, -0.05) is 58.2 Å². The lowest BCUT2D eigenvalue weighted by molar-refractivity contribution is -0.174. The number of pyridine rings is 1. The molecule has 0 bridgehead atoms. The summed E-state index contributed by atoms with van der Waals surface area (Å²) in [7, 11) is 0. The number of nitriles is 1. The summed E-state index contributed by atoms with van der Waals surface area (Å²) < 4.78 is 29.3. The molecule has 2 fully saturated rings. The van der Waals surface area contributed by atoms with Crippen LogP contribution in [0.5, 0.6) is 0 Å². The minimum Gasteiger partial charge on any atom is -0.351 e. The van der Waals surface area contributed by atoms with Crippen LogP contribution in [-0.2, 0) is 15.0 Å². The van der Waals surface area contributed by atoms with E-state index in [0.29, 0.717) is 11.3 Å². The highest BCUT2D eigenvalue weighted by Crippen LogP contribution is 2.39. The first-order chi connectivity index (χ1) is 17.5. The number of hydrogen-bond acceptors (Lipinski definition) is 5. The molecular formula is C28H33F2N5O2. The molecule has 2 heterocycles. The van der Waals surface area contributed by atoms with Gasteiger partial charge in [-0.15, -0.1) is 0 Å². The Kier molecular flexibility index (Phi) is 7.49. The molecule has 1 N–H and O–H groups in total. The highest BCUT2D eigenvalue weighted by molar-refractivity contribution is 6.04. The molecule has 9 heteroatoms. The minimum atomic E-state index is -3.39. The van der Waals surface area contributed by atoms with Crippen LogP contribution < -0.4 is 10.2 Å². The molecule has 1 aromatic heterocycles. The third kappa shape index (κ3) is 5.58. The number of nitrogens with zero attached hydrogens (tertiary/aromatic N) is 4. The van der Waals surface area contributed by atoms with Crippen LogP contribution >= 0.6 is 0 Å². The van der Waals surface area contributed by atoms with Crippen molar-refractivity contribution >= 4 is 17.5 Å². The van der Waals surface area contributed by atoms with Crippen molar-refractivity contribution in [1.82, 2.24) is 15.2 Å². The number of nitrogens with one attached hydrogen (secondary N) is 1. The molecule has 2 amide bonds. The van der Waals surface area contributed by atoms with Crippen LogP contribution in [0.1, 0.15) is 70.0 Å². The van der Waals surface area contributed by atoms with E-state index in [0.717, 1.165) is 47.5 Å². The van der Waals surface area contributed by atoms with Crippen LogP contribution in [0.2, 0.25) is 0 Å². The van der Waals surface area contributed by atoms with Crippen LogP contribution in [0.3, 0.4) is 0 Å². The van der Waals surface area contributed by atoms with Gasteiger partial charge in [0.25, 0.3) is 11.8 Å². The van der Waals surface area contributed by atoms with E-state index in [1.165, 1.54) is 6.20 Å². The van der Waals surface area contributed by atoms with E-state index in [-0.39, 0.29) is 11.5 Å². The molecular weight excluding hydrogens is 476 g/mol. The predicted octanol–water partition coefficient (Wildman–Crippen LogP) is 4.70. The molecule has 196 valence electrons. The van der Waals surface area contributed by atoms with E-state index in [1.54, 1.807) is 36.7 Å². The van der Waals surface area contributed by atoms with E-state index in [9.17, 15) is 23.6 Å². The maximum absolute atomic E-state index is 14.7. The van der Waals surface area contributed by atoms with E-state index in [1.807, 2.05) is 32.9 Å². The van der Waals surface area contributed by atoms with Gasteiger partial charge in [0, 0.05) is 29.7 Å². The van der Waals surface area contributed by atoms with Gasteiger partial charge in [-0.3, -0.25) is 24.4 Å². The molecule has 0 radical (unpaired) electrons. The van der Waals surface area contributed by atoms with Gasteiger partial charge in [0.05, 0.1) is 6.54 Å². The van der Waals surface area contributed by atoms with Crippen molar-refractivity contribution in [2.75, 3.05) is 11.4 Å². The number of carbonyl (C=O) groups is 2. The summed E-state index contributed by atoms with van der Waals surface area (Å²) in [5, 5.41) is 12.4. The Hall–Kier alpha value is -3.54. The van der Waals surface area contributed by atoms with Crippen molar-refractivity contribution in [2.24, 2.45) is 0 Å². The van der Waals surface area contributed by atoms with Crippen molar-refractivity contribution in [1.29, 1.82) is 5.26 Å². The Bertz CT molecular complexity index is 1150. The maximum Gasteiger partial charge on any atom is 0.295 e.